The monoisotopic (exact) mass is 419 g/mol. The third kappa shape index (κ3) is 3.70. The molecule has 0 bridgehead atoms. The Bertz CT molecular complexity index is 1160. The third-order valence-corrected chi connectivity index (χ3v) is 7.76. The van der Waals surface area contributed by atoms with Crippen LogP contribution in [0.2, 0.25) is 0 Å². The van der Waals surface area contributed by atoms with Crippen molar-refractivity contribution >= 4 is 43.1 Å². The number of esters is 1. The lowest BCUT2D eigenvalue weighted by molar-refractivity contribution is 0.0597. The molecule has 8 heteroatoms. The molecule has 0 atom stereocenters. The van der Waals surface area contributed by atoms with Crippen LogP contribution in [0.25, 0.3) is 10.1 Å². The van der Waals surface area contributed by atoms with Gasteiger partial charge in [0.25, 0.3) is 10.0 Å². The van der Waals surface area contributed by atoms with Crippen molar-refractivity contribution in [3.8, 4) is 5.75 Å². The summed E-state index contributed by atoms with van der Waals surface area (Å²) in [6, 6.07) is 9.88. The van der Waals surface area contributed by atoms with Crippen molar-refractivity contribution in [2.75, 3.05) is 11.8 Å². The van der Waals surface area contributed by atoms with Crippen LogP contribution >= 0.6 is 11.3 Å². The van der Waals surface area contributed by atoms with Crippen molar-refractivity contribution in [3.05, 3.63) is 53.1 Å². The van der Waals surface area contributed by atoms with E-state index in [1.807, 2.05) is 18.2 Å². The summed E-state index contributed by atoms with van der Waals surface area (Å²) >= 11 is 1.20. The predicted octanol–water partition coefficient (Wildman–Crippen LogP) is 4.63. The number of phenolic OH excluding ortho intramolecular Hbond substituents is 1. The van der Waals surface area contributed by atoms with Crippen molar-refractivity contribution in [3.63, 3.8) is 0 Å². The molecule has 0 aliphatic heterocycles. The lowest BCUT2D eigenvalue weighted by atomic mass is 10.0. The molecular weight excluding hydrogens is 398 g/mol. The smallest absolute Gasteiger partial charge is 0.341 e. The highest BCUT2D eigenvalue weighted by Crippen LogP contribution is 2.37. The van der Waals surface area contributed by atoms with Crippen molar-refractivity contribution in [2.45, 2.75) is 30.9 Å². The van der Waals surface area contributed by atoms with E-state index >= 15 is 0 Å². The van der Waals surface area contributed by atoms with E-state index in [9.17, 15) is 18.3 Å². The molecular formula is C20H21NO5S2. The van der Waals surface area contributed by atoms with Gasteiger partial charge in [0, 0.05) is 10.8 Å². The van der Waals surface area contributed by atoms with Gasteiger partial charge in [0.1, 0.15) is 15.5 Å². The number of rotatable bonds is 5. The Labute approximate surface area is 167 Å². The van der Waals surface area contributed by atoms with E-state index in [-0.39, 0.29) is 21.2 Å². The number of nitrogens with one attached hydrogen (secondary N) is 1. The number of sulfonamides is 1. The molecule has 0 saturated carbocycles. The zero-order chi connectivity index (χ0) is 20.6. The van der Waals surface area contributed by atoms with Crippen LogP contribution in [0.3, 0.4) is 0 Å². The first kappa shape index (κ1) is 20.2. The van der Waals surface area contributed by atoms with Crippen LogP contribution in [0.4, 0.5) is 5.69 Å². The summed E-state index contributed by atoms with van der Waals surface area (Å²) in [6.07, 6.45) is 0. The average molecular weight is 420 g/mol. The van der Waals surface area contributed by atoms with Crippen molar-refractivity contribution < 1.29 is 23.1 Å². The Morgan fingerprint density at radius 2 is 1.89 bits per heavy atom. The second-order valence-electron chi connectivity index (χ2n) is 6.75. The number of ether oxygens (including phenoxy) is 1. The van der Waals surface area contributed by atoms with Gasteiger partial charge >= 0.3 is 5.97 Å². The van der Waals surface area contributed by atoms with Crippen molar-refractivity contribution in [1.29, 1.82) is 0 Å². The summed E-state index contributed by atoms with van der Waals surface area (Å²) < 4.78 is 34.0. The fourth-order valence-corrected chi connectivity index (χ4v) is 5.71. The molecule has 0 fully saturated rings. The van der Waals surface area contributed by atoms with Crippen LogP contribution in [0.5, 0.6) is 5.75 Å². The number of thiophene rings is 1. The minimum atomic E-state index is -3.85. The van der Waals surface area contributed by atoms with Gasteiger partial charge in [-0.05, 0) is 53.6 Å². The maximum atomic E-state index is 12.9. The summed E-state index contributed by atoms with van der Waals surface area (Å²) in [5.74, 6) is -0.715. The van der Waals surface area contributed by atoms with Gasteiger partial charge in [0.05, 0.1) is 12.8 Å². The van der Waals surface area contributed by atoms with Gasteiger partial charge < -0.3 is 9.84 Å². The van der Waals surface area contributed by atoms with Crippen LogP contribution in [0.1, 0.15) is 41.3 Å². The van der Waals surface area contributed by atoms with E-state index < -0.39 is 16.0 Å². The van der Waals surface area contributed by atoms with E-state index in [2.05, 4.69) is 23.3 Å². The van der Waals surface area contributed by atoms with Gasteiger partial charge in [0.2, 0.25) is 0 Å². The summed E-state index contributed by atoms with van der Waals surface area (Å²) in [5, 5.41) is 10.9. The number of carbonyl (C=O) groups excluding carboxylic acids is 1. The van der Waals surface area contributed by atoms with Crippen LogP contribution in [0, 0.1) is 6.92 Å². The zero-order valence-electron chi connectivity index (χ0n) is 15.9. The molecule has 0 radical (unpaired) electrons. The van der Waals surface area contributed by atoms with Crippen LogP contribution < -0.4 is 4.72 Å². The van der Waals surface area contributed by atoms with Crippen LogP contribution in [-0.2, 0) is 14.8 Å². The zero-order valence-corrected chi connectivity index (χ0v) is 17.6. The summed E-state index contributed by atoms with van der Waals surface area (Å²) in [4.78, 5) is 11.6. The second kappa shape index (κ2) is 7.44. The molecule has 148 valence electrons. The van der Waals surface area contributed by atoms with Crippen LogP contribution in [0.15, 0.2) is 40.6 Å². The molecule has 0 unspecified atom stereocenters. The number of hydrogen-bond acceptors (Lipinski definition) is 6. The summed E-state index contributed by atoms with van der Waals surface area (Å²) in [5.41, 5.74) is 1.95. The number of phenols is 1. The molecule has 1 heterocycles. The Balaban J connectivity index is 1.98. The van der Waals surface area contributed by atoms with Gasteiger partial charge in [-0.3, -0.25) is 4.72 Å². The average Bonchev–Trinajstić information content (AvgIpc) is 2.98. The molecule has 1 aromatic heterocycles. The van der Waals surface area contributed by atoms with E-state index in [1.165, 1.54) is 36.6 Å². The Morgan fingerprint density at radius 3 is 2.50 bits per heavy atom. The highest BCUT2D eigenvalue weighted by molar-refractivity contribution is 7.94. The molecule has 0 aliphatic rings. The fraction of sp³-hybridized carbons (Fsp3) is 0.250. The van der Waals surface area contributed by atoms with Gasteiger partial charge in [-0.2, -0.15) is 0 Å². The van der Waals surface area contributed by atoms with E-state index in [1.54, 1.807) is 6.92 Å². The van der Waals surface area contributed by atoms with Crippen LogP contribution in [-0.4, -0.2) is 26.6 Å². The summed E-state index contributed by atoms with van der Waals surface area (Å²) in [6.45, 7) is 5.97. The topological polar surface area (TPSA) is 92.7 Å². The SMILES string of the molecule is COC(=O)c1ccc(NS(=O)(=O)c2sc3ccc(C(C)C)cc3c2C)cc1O. The first-order chi connectivity index (χ1) is 13.1. The predicted molar refractivity (Wildman–Crippen MR) is 111 cm³/mol. The molecule has 3 rings (SSSR count). The second-order valence-corrected chi connectivity index (χ2v) is 9.68. The van der Waals surface area contributed by atoms with E-state index in [0.29, 0.717) is 11.5 Å². The van der Waals surface area contributed by atoms with E-state index in [0.717, 1.165) is 15.6 Å². The van der Waals surface area contributed by atoms with Gasteiger partial charge in [0.15, 0.2) is 0 Å². The number of hydrogen-bond donors (Lipinski definition) is 2. The van der Waals surface area contributed by atoms with Gasteiger partial charge in [-0.15, -0.1) is 11.3 Å². The molecule has 6 nitrogen and oxygen atoms in total. The number of methoxy groups -OCH3 is 1. The largest absolute Gasteiger partial charge is 0.507 e. The minimum absolute atomic E-state index is 0.0373. The highest BCUT2D eigenvalue weighted by atomic mass is 32.2. The van der Waals surface area contributed by atoms with Gasteiger partial charge in [-0.1, -0.05) is 19.9 Å². The number of benzene rings is 2. The molecule has 3 aromatic rings. The Morgan fingerprint density at radius 1 is 1.18 bits per heavy atom. The third-order valence-electron chi connectivity index (χ3n) is 4.48. The summed E-state index contributed by atoms with van der Waals surface area (Å²) in [7, 11) is -2.65. The van der Waals surface area contributed by atoms with E-state index in [4.69, 9.17) is 0 Å². The highest BCUT2D eigenvalue weighted by Gasteiger charge is 2.23. The molecule has 0 amide bonds. The quantitative estimate of drug-likeness (QED) is 0.589. The molecule has 0 aliphatic carbocycles. The fourth-order valence-electron chi connectivity index (χ4n) is 2.91. The standard InChI is InChI=1S/C20H21NO5S2/c1-11(2)13-5-8-18-16(9-13)12(3)20(27-18)28(24,25)21-14-6-7-15(17(22)10-14)19(23)26-4/h5-11,21-22H,1-4H3. The maximum Gasteiger partial charge on any atom is 0.341 e. The number of carbonyl (C=O) groups is 1. The molecule has 2 aromatic carbocycles. The first-order valence-electron chi connectivity index (χ1n) is 8.61. The normalized spacial score (nSPS) is 11.8. The molecule has 0 saturated heterocycles. The Hall–Kier alpha value is -2.58. The molecule has 28 heavy (non-hydrogen) atoms. The molecule has 2 N–H and O–H groups in total. The lowest BCUT2D eigenvalue weighted by Gasteiger charge is -2.09. The van der Waals surface area contributed by atoms with Crippen molar-refractivity contribution in [1.82, 2.24) is 0 Å². The number of aromatic hydroxyl groups is 1. The number of aryl methyl sites for hydroxylation is 1. The Kier molecular flexibility index (Phi) is 5.36. The van der Waals surface area contributed by atoms with Crippen molar-refractivity contribution in [2.24, 2.45) is 0 Å². The lowest BCUT2D eigenvalue weighted by Crippen LogP contribution is -2.13. The maximum absolute atomic E-state index is 12.9. The first-order valence-corrected chi connectivity index (χ1v) is 10.9. The van der Waals surface area contributed by atoms with Gasteiger partial charge in [-0.25, -0.2) is 13.2 Å². The minimum Gasteiger partial charge on any atom is -0.507 e. The molecule has 0 spiro atoms. The number of anilines is 1. The number of fused-ring (bicyclic) bond motifs is 1.